The van der Waals surface area contributed by atoms with E-state index in [-0.39, 0.29) is 17.3 Å². The van der Waals surface area contributed by atoms with Crippen LogP contribution in [0.3, 0.4) is 0 Å². The summed E-state index contributed by atoms with van der Waals surface area (Å²) in [5, 5.41) is 19.4. The van der Waals surface area contributed by atoms with E-state index in [0.29, 0.717) is 18.4 Å². The third-order valence-electron chi connectivity index (χ3n) is 3.02. The van der Waals surface area contributed by atoms with Crippen molar-refractivity contribution in [1.82, 2.24) is 0 Å². The molecule has 0 saturated heterocycles. The van der Waals surface area contributed by atoms with Crippen LogP contribution in [0.5, 0.6) is 11.5 Å². The topological polar surface area (TPSA) is 57.5 Å². The zero-order valence-electron chi connectivity index (χ0n) is 11.2. The fraction of sp³-hybridized carbons (Fsp3) is 0.533. The van der Waals surface area contributed by atoms with Crippen LogP contribution in [0.15, 0.2) is 12.1 Å². The van der Waals surface area contributed by atoms with Crippen molar-refractivity contribution in [1.29, 1.82) is 0 Å². The summed E-state index contributed by atoms with van der Waals surface area (Å²) in [6, 6.07) is 2.90. The maximum absolute atomic E-state index is 12.0. The normalized spacial score (nSPS) is 10.6. The number of hydrogen-bond acceptors (Lipinski definition) is 3. The number of phenolic OH excluding ortho intramolecular Hbond substituents is 2. The summed E-state index contributed by atoms with van der Waals surface area (Å²) in [6.07, 6.45) is 4.99. The van der Waals surface area contributed by atoms with Crippen LogP contribution in [-0.4, -0.2) is 16.0 Å². The first-order valence-electron chi connectivity index (χ1n) is 6.68. The standard InChI is InChI=1S/C15H22O3/c1-3-5-6-8-13(16)12-9-11(7-4-2)14(17)10-15(12)18/h9-10,17-18H,3-8H2,1-2H3. The lowest BCUT2D eigenvalue weighted by atomic mass is 9.99. The predicted octanol–water partition coefficient (Wildman–Crippen LogP) is 3.81. The van der Waals surface area contributed by atoms with Crippen LogP contribution in [0.2, 0.25) is 0 Å². The average molecular weight is 250 g/mol. The van der Waals surface area contributed by atoms with Gasteiger partial charge < -0.3 is 10.2 Å². The van der Waals surface area contributed by atoms with Gasteiger partial charge in [0, 0.05) is 12.5 Å². The lowest BCUT2D eigenvalue weighted by Gasteiger charge is -2.09. The molecular formula is C15H22O3. The van der Waals surface area contributed by atoms with E-state index in [1.165, 1.54) is 6.07 Å². The summed E-state index contributed by atoms with van der Waals surface area (Å²) in [5.41, 5.74) is 1.07. The molecule has 3 heteroatoms. The molecule has 0 aliphatic carbocycles. The van der Waals surface area contributed by atoms with Crippen LogP contribution in [0.4, 0.5) is 0 Å². The zero-order chi connectivity index (χ0) is 13.5. The molecule has 3 nitrogen and oxygen atoms in total. The fourth-order valence-electron chi connectivity index (χ4n) is 1.99. The van der Waals surface area contributed by atoms with Gasteiger partial charge in [-0.3, -0.25) is 4.79 Å². The van der Waals surface area contributed by atoms with E-state index in [1.54, 1.807) is 6.07 Å². The summed E-state index contributed by atoms with van der Waals surface area (Å²) >= 11 is 0. The molecule has 0 bridgehead atoms. The molecule has 0 aliphatic heterocycles. The largest absolute Gasteiger partial charge is 0.508 e. The van der Waals surface area contributed by atoms with Gasteiger partial charge in [-0.05, 0) is 24.5 Å². The van der Waals surface area contributed by atoms with Gasteiger partial charge in [0.25, 0.3) is 0 Å². The van der Waals surface area contributed by atoms with E-state index in [1.807, 2.05) is 6.92 Å². The van der Waals surface area contributed by atoms with Crippen LogP contribution in [-0.2, 0) is 6.42 Å². The number of carbonyl (C=O) groups is 1. The van der Waals surface area contributed by atoms with Gasteiger partial charge in [-0.15, -0.1) is 0 Å². The Morgan fingerprint density at radius 3 is 2.39 bits per heavy atom. The van der Waals surface area contributed by atoms with E-state index in [2.05, 4.69) is 6.92 Å². The van der Waals surface area contributed by atoms with Gasteiger partial charge in [0.05, 0.1) is 5.56 Å². The number of aromatic hydroxyl groups is 2. The predicted molar refractivity (Wildman–Crippen MR) is 72.2 cm³/mol. The van der Waals surface area contributed by atoms with Gasteiger partial charge in [-0.1, -0.05) is 33.1 Å². The second kappa shape index (κ2) is 7.04. The Morgan fingerprint density at radius 2 is 1.78 bits per heavy atom. The number of Topliss-reactive ketones (excluding diaryl/α,β-unsaturated/α-hetero) is 1. The maximum atomic E-state index is 12.0. The maximum Gasteiger partial charge on any atom is 0.166 e. The molecule has 18 heavy (non-hydrogen) atoms. The number of rotatable bonds is 7. The molecule has 0 saturated carbocycles. The Balaban J connectivity index is 2.86. The smallest absolute Gasteiger partial charge is 0.166 e. The molecule has 0 aromatic heterocycles. The number of carbonyl (C=O) groups excluding carboxylic acids is 1. The van der Waals surface area contributed by atoms with Crippen LogP contribution >= 0.6 is 0 Å². The van der Waals surface area contributed by atoms with Crippen LogP contribution in [0, 0.1) is 0 Å². The molecule has 0 heterocycles. The molecule has 0 amide bonds. The van der Waals surface area contributed by atoms with Crippen molar-refractivity contribution in [2.45, 2.75) is 52.4 Å². The fourth-order valence-corrected chi connectivity index (χ4v) is 1.99. The zero-order valence-corrected chi connectivity index (χ0v) is 11.2. The van der Waals surface area contributed by atoms with Crippen molar-refractivity contribution in [2.24, 2.45) is 0 Å². The highest BCUT2D eigenvalue weighted by Crippen LogP contribution is 2.29. The molecule has 0 spiro atoms. The Morgan fingerprint density at radius 1 is 1.06 bits per heavy atom. The highest BCUT2D eigenvalue weighted by Gasteiger charge is 2.14. The minimum absolute atomic E-state index is 0.0432. The first-order chi connectivity index (χ1) is 8.60. The van der Waals surface area contributed by atoms with Gasteiger partial charge in [0.1, 0.15) is 11.5 Å². The van der Waals surface area contributed by atoms with Gasteiger partial charge in [-0.25, -0.2) is 0 Å². The van der Waals surface area contributed by atoms with Gasteiger partial charge in [0.2, 0.25) is 0 Å². The Bertz CT molecular complexity index is 410. The molecule has 100 valence electrons. The Kier molecular flexibility index (Phi) is 5.69. The minimum Gasteiger partial charge on any atom is -0.508 e. The molecule has 2 N–H and O–H groups in total. The van der Waals surface area contributed by atoms with Crippen molar-refractivity contribution in [3.05, 3.63) is 23.3 Å². The molecule has 1 aromatic rings. The summed E-state index contributed by atoms with van der Waals surface area (Å²) in [7, 11) is 0. The average Bonchev–Trinajstić information content (AvgIpc) is 2.33. The van der Waals surface area contributed by atoms with E-state index < -0.39 is 0 Å². The number of ketones is 1. The lowest BCUT2D eigenvalue weighted by molar-refractivity contribution is 0.0976. The Hall–Kier alpha value is -1.51. The first kappa shape index (κ1) is 14.6. The van der Waals surface area contributed by atoms with Crippen molar-refractivity contribution in [3.8, 4) is 11.5 Å². The van der Waals surface area contributed by atoms with E-state index >= 15 is 0 Å². The molecule has 0 aliphatic rings. The second-order valence-electron chi connectivity index (χ2n) is 4.63. The molecule has 1 rings (SSSR count). The monoisotopic (exact) mass is 250 g/mol. The number of phenols is 2. The van der Waals surface area contributed by atoms with Crippen molar-refractivity contribution >= 4 is 5.78 Å². The molecule has 0 radical (unpaired) electrons. The number of unbranched alkanes of at least 4 members (excludes halogenated alkanes) is 2. The summed E-state index contributed by atoms with van der Waals surface area (Å²) in [6.45, 7) is 4.09. The van der Waals surface area contributed by atoms with E-state index in [4.69, 9.17) is 0 Å². The molecule has 0 atom stereocenters. The van der Waals surface area contributed by atoms with E-state index in [9.17, 15) is 15.0 Å². The summed E-state index contributed by atoms with van der Waals surface area (Å²) in [5.74, 6) is -0.0911. The number of benzene rings is 1. The molecule has 1 aromatic carbocycles. The van der Waals surface area contributed by atoms with Crippen LogP contribution in [0.25, 0.3) is 0 Å². The van der Waals surface area contributed by atoms with Gasteiger partial charge in [0.15, 0.2) is 5.78 Å². The van der Waals surface area contributed by atoms with Crippen molar-refractivity contribution < 1.29 is 15.0 Å². The summed E-state index contributed by atoms with van der Waals surface area (Å²) < 4.78 is 0. The SMILES string of the molecule is CCCCCC(=O)c1cc(CCC)c(O)cc1O. The quantitative estimate of drug-likeness (QED) is 0.571. The summed E-state index contributed by atoms with van der Waals surface area (Å²) in [4.78, 5) is 12.0. The highest BCUT2D eigenvalue weighted by molar-refractivity contribution is 5.99. The molecule has 0 unspecified atom stereocenters. The van der Waals surface area contributed by atoms with Crippen molar-refractivity contribution in [3.63, 3.8) is 0 Å². The lowest BCUT2D eigenvalue weighted by Crippen LogP contribution is -2.01. The second-order valence-corrected chi connectivity index (χ2v) is 4.63. The minimum atomic E-state index is -0.117. The van der Waals surface area contributed by atoms with Crippen molar-refractivity contribution in [2.75, 3.05) is 0 Å². The van der Waals surface area contributed by atoms with Gasteiger partial charge >= 0.3 is 0 Å². The molecular weight excluding hydrogens is 228 g/mol. The van der Waals surface area contributed by atoms with Gasteiger partial charge in [-0.2, -0.15) is 0 Å². The number of aryl methyl sites for hydroxylation is 1. The third kappa shape index (κ3) is 3.76. The highest BCUT2D eigenvalue weighted by atomic mass is 16.3. The Labute approximate surface area is 108 Å². The third-order valence-corrected chi connectivity index (χ3v) is 3.02. The van der Waals surface area contributed by atoms with E-state index in [0.717, 1.165) is 31.2 Å². The molecule has 0 fully saturated rings. The number of hydrogen-bond donors (Lipinski definition) is 2. The van der Waals surface area contributed by atoms with Crippen LogP contribution in [0.1, 0.15) is 61.9 Å². The first-order valence-corrected chi connectivity index (χ1v) is 6.68. The van der Waals surface area contributed by atoms with Crippen LogP contribution < -0.4 is 0 Å².